The fourth-order valence-corrected chi connectivity index (χ4v) is 2.88. The van der Waals surface area contributed by atoms with E-state index in [1.165, 1.54) is 0 Å². The van der Waals surface area contributed by atoms with Gasteiger partial charge in [0.25, 0.3) is 0 Å². The lowest BCUT2D eigenvalue weighted by molar-refractivity contribution is -0.135. The highest BCUT2D eigenvalue weighted by atomic mass is 35.5. The van der Waals surface area contributed by atoms with Crippen LogP contribution in [0.3, 0.4) is 0 Å². The zero-order valence-electron chi connectivity index (χ0n) is 15.2. The van der Waals surface area contributed by atoms with Crippen molar-refractivity contribution in [1.29, 1.82) is 0 Å². The first-order valence-electron chi connectivity index (χ1n) is 8.31. The number of methoxy groups -OCH3 is 1. The van der Waals surface area contributed by atoms with E-state index in [2.05, 4.69) is 5.32 Å². The molecule has 1 unspecified atom stereocenters. The van der Waals surface area contributed by atoms with Crippen molar-refractivity contribution < 1.29 is 14.3 Å². The molecule has 27 heavy (non-hydrogen) atoms. The highest BCUT2D eigenvalue weighted by Crippen LogP contribution is 2.20. The van der Waals surface area contributed by atoms with Gasteiger partial charge in [-0.05, 0) is 12.1 Å². The summed E-state index contributed by atoms with van der Waals surface area (Å²) in [6.45, 7) is 3.10. The Morgan fingerprint density at radius 1 is 1.22 bits per heavy atom. The number of nitrogens with two attached hydrogens (primary N) is 1. The fraction of sp³-hybridized carbons (Fsp3) is 0.529. The molecule has 1 atom stereocenters. The lowest BCUT2D eigenvalue weighted by Gasteiger charge is -2.34. The van der Waals surface area contributed by atoms with Gasteiger partial charge in [0.1, 0.15) is 0 Å². The predicted octanol–water partition coefficient (Wildman–Crippen LogP) is 1.63. The van der Waals surface area contributed by atoms with Crippen LogP contribution in [0.25, 0.3) is 0 Å². The van der Waals surface area contributed by atoms with Crippen molar-refractivity contribution in [1.82, 2.24) is 9.80 Å². The summed E-state index contributed by atoms with van der Waals surface area (Å²) in [6, 6.07) is 7.13. The largest absolute Gasteiger partial charge is 0.380 e. The monoisotopic (exact) mass is 440 g/mol. The Morgan fingerprint density at radius 3 is 2.41 bits per heavy atom. The summed E-state index contributed by atoms with van der Waals surface area (Å²) in [7, 11) is 1.56. The fourth-order valence-electron chi connectivity index (χ4n) is 2.70. The number of amides is 2. The second-order valence-corrected chi connectivity index (χ2v) is 6.39. The van der Waals surface area contributed by atoms with E-state index >= 15 is 0 Å². The second kappa shape index (κ2) is 13.1. The second-order valence-electron chi connectivity index (χ2n) is 5.98. The van der Waals surface area contributed by atoms with Crippen LogP contribution in [0.2, 0.25) is 5.02 Å². The van der Waals surface area contributed by atoms with E-state index in [-0.39, 0.29) is 49.3 Å². The summed E-state index contributed by atoms with van der Waals surface area (Å²) in [5.41, 5.74) is 6.16. The third-order valence-corrected chi connectivity index (χ3v) is 4.57. The molecule has 1 heterocycles. The van der Waals surface area contributed by atoms with Crippen LogP contribution < -0.4 is 11.1 Å². The molecule has 1 aromatic carbocycles. The van der Waals surface area contributed by atoms with Crippen molar-refractivity contribution in [3.05, 3.63) is 29.3 Å². The molecule has 1 aliphatic rings. The maximum atomic E-state index is 12.2. The van der Waals surface area contributed by atoms with Gasteiger partial charge in [0.05, 0.1) is 29.8 Å². The lowest BCUT2D eigenvalue weighted by Crippen LogP contribution is -2.51. The average Bonchev–Trinajstić information content (AvgIpc) is 2.62. The first kappa shape index (κ1) is 25.9. The molecule has 0 spiro atoms. The van der Waals surface area contributed by atoms with Gasteiger partial charge < -0.3 is 20.7 Å². The summed E-state index contributed by atoms with van der Waals surface area (Å²) in [6.07, 6.45) is 0.0481. The maximum Gasteiger partial charge on any atom is 0.238 e. The average molecular weight is 442 g/mol. The van der Waals surface area contributed by atoms with Gasteiger partial charge in [-0.25, -0.2) is 0 Å². The molecule has 1 fully saturated rings. The van der Waals surface area contributed by atoms with Crippen LogP contribution in [-0.2, 0) is 14.3 Å². The number of nitrogens with zero attached hydrogens (tertiary/aromatic N) is 2. The number of ether oxygens (including phenoxy) is 1. The van der Waals surface area contributed by atoms with Gasteiger partial charge in [0, 0.05) is 39.8 Å². The third-order valence-electron chi connectivity index (χ3n) is 4.24. The van der Waals surface area contributed by atoms with E-state index in [1.807, 2.05) is 17.0 Å². The maximum absolute atomic E-state index is 12.2. The van der Waals surface area contributed by atoms with Gasteiger partial charge in [0.15, 0.2) is 0 Å². The van der Waals surface area contributed by atoms with Crippen LogP contribution in [0.15, 0.2) is 24.3 Å². The number of piperazine rings is 1. The number of halogens is 3. The Hall–Kier alpha value is -1.09. The summed E-state index contributed by atoms with van der Waals surface area (Å²) >= 11 is 6.04. The number of benzene rings is 1. The molecule has 0 aromatic heterocycles. The van der Waals surface area contributed by atoms with E-state index in [4.69, 9.17) is 22.1 Å². The van der Waals surface area contributed by atoms with Gasteiger partial charge in [0.2, 0.25) is 11.8 Å². The standard InChI is InChI=1S/C17H25ClN4O3.2ClH/c1-25-13(11-19)10-17(24)22-8-6-21(7-9-22)12-16(23)20-15-5-3-2-4-14(15)18;;/h2-5,13H,6-12,19H2,1H3,(H,20,23);2*1H. The van der Waals surface area contributed by atoms with Gasteiger partial charge in [-0.15, -0.1) is 24.8 Å². The molecule has 2 rings (SSSR count). The number of nitrogens with one attached hydrogen (secondary N) is 1. The molecule has 0 radical (unpaired) electrons. The predicted molar refractivity (Wildman–Crippen MR) is 112 cm³/mol. The third kappa shape index (κ3) is 8.21. The van der Waals surface area contributed by atoms with Crippen molar-refractivity contribution in [2.45, 2.75) is 12.5 Å². The van der Waals surface area contributed by atoms with Gasteiger partial charge in [-0.2, -0.15) is 0 Å². The summed E-state index contributed by atoms with van der Waals surface area (Å²) in [4.78, 5) is 28.2. The molecular weight excluding hydrogens is 415 g/mol. The minimum Gasteiger partial charge on any atom is -0.380 e. The van der Waals surface area contributed by atoms with Crippen LogP contribution in [0, 0.1) is 0 Å². The summed E-state index contributed by atoms with van der Waals surface area (Å²) in [5, 5.41) is 3.32. The molecule has 1 saturated heterocycles. The van der Waals surface area contributed by atoms with Crippen LogP contribution in [0.5, 0.6) is 0 Å². The molecule has 1 aliphatic heterocycles. The molecule has 154 valence electrons. The van der Waals surface area contributed by atoms with Crippen LogP contribution >= 0.6 is 36.4 Å². The van der Waals surface area contributed by atoms with E-state index in [1.54, 1.807) is 24.1 Å². The number of carbonyl (C=O) groups excluding carboxylic acids is 2. The molecule has 2 amide bonds. The van der Waals surface area contributed by atoms with Crippen LogP contribution in [-0.4, -0.2) is 74.1 Å². The zero-order valence-corrected chi connectivity index (χ0v) is 17.6. The van der Waals surface area contributed by atoms with Crippen LogP contribution in [0.1, 0.15) is 6.42 Å². The first-order chi connectivity index (χ1) is 12.0. The minimum absolute atomic E-state index is 0. The van der Waals surface area contributed by atoms with Crippen molar-refractivity contribution in [2.24, 2.45) is 5.73 Å². The Balaban J connectivity index is 0.00000338. The van der Waals surface area contributed by atoms with Crippen molar-refractivity contribution in [2.75, 3.05) is 51.7 Å². The Labute approximate surface area is 177 Å². The smallest absolute Gasteiger partial charge is 0.238 e. The molecule has 0 aliphatic carbocycles. The number of para-hydroxylation sites is 1. The van der Waals surface area contributed by atoms with E-state index in [9.17, 15) is 9.59 Å². The Bertz CT molecular complexity index is 595. The summed E-state index contributed by atoms with van der Waals surface area (Å²) < 4.78 is 5.15. The molecule has 1 aromatic rings. The number of anilines is 1. The van der Waals surface area contributed by atoms with Gasteiger partial charge >= 0.3 is 0 Å². The van der Waals surface area contributed by atoms with Gasteiger partial charge in [-0.3, -0.25) is 14.5 Å². The van der Waals surface area contributed by atoms with E-state index in [0.717, 1.165) is 0 Å². The van der Waals surface area contributed by atoms with E-state index < -0.39 is 0 Å². The van der Waals surface area contributed by atoms with Crippen LogP contribution in [0.4, 0.5) is 5.69 Å². The SMILES string of the molecule is COC(CN)CC(=O)N1CCN(CC(=O)Nc2ccccc2Cl)CC1.Cl.Cl. The topological polar surface area (TPSA) is 87.9 Å². The number of hydrogen-bond donors (Lipinski definition) is 2. The van der Waals surface area contributed by atoms with Crippen molar-refractivity contribution >= 4 is 53.9 Å². The van der Waals surface area contributed by atoms with Gasteiger partial charge in [-0.1, -0.05) is 23.7 Å². The van der Waals surface area contributed by atoms with Crippen molar-refractivity contribution in [3.63, 3.8) is 0 Å². The number of rotatable bonds is 7. The number of carbonyl (C=O) groups is 2. The molecule has 0 bridgehead atoms. The molecule has 7 nitrogen and oxygen atoms in total. The summed E-state index contributed by atoms with van der Waals surface area (Å²) in [5.74, 6) is -0.0760. The molecule has 0 saturated carbocycles. The number of hydrogen-bond acceptors (Lipinski definition) is 5. The normalized spacial score (nSPS) is 15.3. The first-order valence-corrected chi connectivity index (χ1v) is 8.68. The minimum atomic E-state index is -0.244. The zero-order chi connectivity index (χ0) is 18.2. The highest BCUT2D eigenvalue weighted by molar-refractivity contribution is 6.33. The Morgan fingerprint density at radius 2 is 1.85 bits per heavy atom. The molecular formula is C17H27Cl3N4O3. The Kier molecular flexibility index (Phi) is 12.6. The molecule has 10 heteroatoms. The molecule has 3 N–H and O–H groups in total. The lowest BCUT2D eigenvalue weighted by atomic mass is 10.2. The highest BCUT2D eigenvalue weighted by Gasteiger charge is 2.24. The van der Waals surface area contributed by atoms with Crippen molar-refractivity contribution in [3.8, 4) is 0 Å². The quantitative estimate of drug-likeness (QED) is 0.671. The van der Waals surface area contributed by atoms with E-state index in [0.29, 0.717) is 49.9 Å².